The van der Waals surface area contributed by atoms with Crippen molar-refractivity contribution in [1.82, 2.24) is 14.9 Å². The van der Waals surface area contributed by atoms with Crippen LogP contribution in [-0.4, -0.2) is 28.8 Å². The highest BCUT2D eigenvalue weighted by atomic mass is 16.2. The summed E-state index contributed by atoms with van der Waals surface area (Å²) < 4.78 is 1.42. The van der Waals surface area contributed by atoms with Crippen LogP contribution in [0.3, 0.4) is 0 Å². The number of nitrogens with zero attached hydrogens (tertiary/aromatic N) is 2. The quantitative estimate of drug-likeness (QED) is 0.845. The fraction of sp³-hybridized carbons (Fsp3) is 0.474. The molecule has 1 unspecified atom stereocenters. The van der Waals surface area contributed by atoms with Crippen molar-refractivity contribution in [3.05, 3.63) is 39.9 Å². The van der Waals surface area contributed by atoms with Gasteiger partial charge >= 0.3 is 0 Å². The summed E-state index contributed by atoms with van der Waals surface area (Å²) >= 11 is 0. The van der Waals surface area contributed by atoms with E-state index in [9.17, 15) is 14.4 Å². The summed E-state index contributed by atoms with van der Waals surface area (Å²) in [5, 5.41) is 3.11. The molecule has 1 N–H and O–H groups in total. The van der Waals surface area contributed by atoms with Crippen molar-refractivity contribution in [2.45, 2.75) is 52.0 Å². The number of hydrogen-bond acceptors (Lipinski definition) is 4. The molecule has 0 radical (unpaired) electrons. The van der Waals surface area contributed by atoms with Gasteiger partial charge in [-0.15, -0.1) is 0 Å². The molecule has 6 nitrogen and oxygen atoms in total. The van der Waals surface area contributed by atoms with Crippen molar-refractivity contribution in [2.24, 2.45) is 0 Å². The van der Waals surface area contributed by atoms with E-state index in [1.54, 1.807) is 6.92 Å². The molecule has 2 aromatic rings. The molecule has 0 aliphatic rings. The first-order chi connectivity index (χ1) is 11.7. The minimum Gasteiger partial charge on any atom is -0.357 e. The Morgan fingerprint density at radius 1 is 1.36 bits per heavy atom. The van der Waals surface area contributed by atoms with Crippen LogP contribution in [0, 0.1) is 6.92 Å². The predicted molar refractivity (Wildman–Crippen MR) is 97.8 cm³/mol. The highest BCUT2D eigenvalue weighted by Crippen LogP contribution is 2.28. The van der Waals surface area contributed by atoms with E-state index in [4.69, 9.17) is 0 Å². The zero-order valence-electron chi connectivity index (χ0n) is 15.4. The number of benzene rings is 1. The largest absolute Gasteiger partial charge is 0.357 e. The molecule has 134 valence electrons. The van der Waals surface area contributed by atoms with Gasteiger partial charge < -0.3 is 10.1 Å². The van der Waals surface area contributed by atoms with Crippen LogP contribution in [0.4, 0.5) is 0 Å². The monoisotopic (exact) mass is 343 g/mol. The Kier molecular flexibility index (Phi) is 5.40. The zero-order chi connectivity index (χ0) is 18.8. The summed E-state index contributed by atoms with van der Waals surface area (Å²) in [7, 11) is 1.52. The highest BCUT2D eigenvalue weighted by molar-refractivity contribution is 5.84. The first-order valence-electron chi connectivity index (χ1n) is 8.40. The molecule has 1 aromatic carbocycles. The summed E-state index contributed by atoms with van der Waals surface area (Å²) in [6.45, 7) is 7.82. The number of nitrogens with one attached hydrogen (secondary N) is 1. The summed E-state index contributed by atoms with van der Waals surface area (Å²) in [5.41, 5.74) is 1.03. The lowest BCUT2D eigenvalue weighted by Gasteiger charge is -2.24. The van der Waals surface area contributed by atoms with Crippen LogP contribution >= 0.6 is 0 Å². The summed E-state index contributed by atoms with van der Waals surface area (Å²) in [6.07, 6.45) is 1.21. The van der Waals surface area contributed by atoms with Crippen LogP contribution in [0.1, 0.15) is 51.0 Å². The van der Waals surface area contributed by atoms with E-state index in [1.807, 2.05) is 39.0 Å². The molecule has 6 heteroatoms. The molecular formula is C19H25N3O3. The predicted octanol–water partition coefficient (Wildman–Crippen LogP) is 2.27. The lowest BCUT2D eigenvalue weighted by Crippen LogP contribution is -2.38. The van der Waals surface area contributed by atoms with Gasteiger partial charge in [-0.1, -0.05) is 32.9 Å². The second kappa shape index (κ2) is 7.17. The van der Waals surface area contributed by atoms with Crippen LogP contribution in [-0.2, 0) is 15.0 Å². The Balaban J connectivity index is 2.82. The minimum atomic E-state index is -0.757. The molecule has 1 amide bonds. The maximum Gasteiger partial charge on any atom is 0.262 e. The van der Waals surface area contributed by atoms with Crippen molar-refractivity contribution in [3.8, 4) is 0 Å². The van der Waals surface area contributed by atoms with Gasteiger partial charge in [-0.2, -0.15) is 0 Å². The molecule has 0 fully saturated rings. The number of aryl methyl sites for hydroxylation is 1. The standard InChI is InChI=1S/C19H25N3O3/c1-12-21-14-9-6-8-13(19(2,3)4)16(14)18(25)22(12)15(10-7-11-23)17(24)20-5/h6,8-9,11,15H,7,10H2,1-5H3,(H,20,24). The third-order valence-electron chi connectivity index (χ3n) is 4.33. The fourth-order valence-corrected chi connectivity index (χ4v) is 3.12. The van der Waals surface area contributed by atoms with E-state index in [0.717, 1.165) is 11.8 Å². The number of aldehydes is 1. The maximum atomic E-state index is 13.3. The number of rotatable bonds is 5. The summed E-state index contributed by atoms with van der Waals surface area (Å²) in [4.78, 5) is 41.0. The molecule has 0 spiro atoms. The molecule has 1 atom stereocenters. The molecule has 0 saturated carbocycles. The van der Waals surface area contributed by atoms with E-state index in [2.05, 4.69) is 10.3 Å². The number of hydrogen-bond donors (Lipinski definition) is 1. The number of aromatic nitrogens is 2. The number of carbonyl (C=O) groups excluding carboxylic acids is 2. The smallest absolute Gasteiger partial charge is 0.262 e. The molecule has 0 aliphatic heterocycles. The first kappa shape index (κ1) is 18.8. The van der Waals surface area contributed by atoms with Crippen LogP contribution in [0.2, 0.25) is 0 Å². The average Bonchev–Trinajstić information content (AvgIpc) is 2.55. The fourth-order valence-electron chi connectivity index (χ4n) is 3.12. The van der Waals surface area contributed by atoms with E-state index >= 15 is 0 Å². The molecule has 0 aliphatic carbocycles. The lowest BCUT2D eigenvalue weighted by molar-refractivity contribution is -0.124. The van der Waals surface area contributed by atoms with E-state index in [-0.39, 0.29) is 29.7 Å². The van der Waals surface area contributed by atoms with Gasteiger partial charge in [0.05, 0.1) is 10.9 Å². The minimum absolute atomic E-state index is 0.197. The van der Waals surface area contributed by atoms with Crippen LogP contribution in [0.25, 0.3) is 10.9 Å². The van der Waals surface area contributed by atoms with Crippen LogP contribution in [0.5, 0.6) is 0 Å². The normalized spacial score (nSPS) is 12.8. The Morgan fingerprint density at radius 3 is 2.60 bits per heavy atom. The molecule has 2 rings (SSSR count). The molecule has 25 heavy (non-hydrogen) atoms. The van der Waals surface area contributed by atoms with Crippen molar-refractivity contribution >= 4 is 23.1 Å². The Morgan fingerprint density at radius 2 is 2.04 bits per heavy atom. The average molecular weight is 343 g/mol. The topological polar surface area (TPSA) is 81.1 Å². The SMILES string of the molecule is CNC(=O)C(CCC=O)n1c(C)nc2cccc(C(C)(C)C)c2c1=O. The van der Waals surface area contributed by atoms with Gasteiger partial charge in [0.25, 0.3) is 5.56 Å². The molecular weight excluding hydrogens is 318 g/mol. The van der Waals surface area contributed by atoms with E-state index in [1.165, 1.54) is 11.6 Å². The third-order valence-corrected chi connectivity index (χ3v) is 4.33. The molecule has 1 aromatic heterocycles. The van der Waals surface area contributed by atoms with Crippen molar-refractivity contribution < 1.29 is 9.59 Å². The van der Waals surface area contributed by atoms with Gasteiger partial charge in [-0.05, 0) is 30.4 Å². The van der Waals surface area contributed by atoms with Crippen molar-refractivity contribution in [3.63, 3.8) is 0 Å². The summed E-state index contributed by atoms with van der Waals surface area (Å²) in [5.74, 6) is 0.157. The Bertz CT molecular complexity index is 863. The first-order valence-corrected chi connectivity index (χ1v) is 8.40. The van der Waals surface area contributed by atoms with Crippen LogP contribution < -0.4 is 10.9 Å². The van der Waals surface area contributed by atoms with Crippen LogP contribution in [0.15, 0.2) is 23.0 Å². The van der Waals surface area contributed by atoms with Gasteiger partial charge in [-0.3, -0.25) is 14.2 Å². The number of likely N-dealkylation sites (N-methyl/N-ethyl adjacent to an activating group) is 1. The number of fused-ring (bicyclic) bond motifs is 1. The molecule has 0 saturated heterocycles. The van der Waals surface area contributed by atoms with Gasteiger partial charge in [0.2, 0.25) is 5.91 Å². The molecule has 0 bridgehead atoms. The zero-order valence-corrected chi connectivity index (χ0v) is 15.4. The van der Waals surface area contributed by atoms with Gasteiger partial charge in [-0.25, -0.2) is 4.98 Å². The highest BCUT2D eigenvalue weighted by Gasteiger charge is 2.26. The Hall–Kier alpha value is -2.50. The van der Waals surface area contributed by atoms with E-state index < -0.39 is 6.04 Å². The Labute approximate surface area is 147 Å². The van der Waals surface area contributed by atoms with Gasteiger partial charge in [0, 0.05) is 13.5 Å². The number of amides is 1. The third kappa shape index (κ3) is 3.62. The van der Waals surface area contributed by atoms with Crippen molar-refractivity contribution in [1.29, 1.82) is 0 Å². The maximum absolute atomic E-state index is 13.3. The number of carbonyl (C=O) groups is 2. The lowest BCUT2D eigenvalue weighted by atomic mass is 9.85. The second-order valence-electron chi connectivity index (χ2n) is 7.16. The molecule has 1 heterocycles. The van der Waals surface area contributed by atoms with Gasteiger partial charge in [0.1, 0.15) is 18.2 Å². The second-order valence-corrected chi connectivity index (χ2v) is 7.16. The summed E-state index contributed by atoms with van der Waals surface area (Å²) in [6, 6.07) is 4.86. The van der Waals surface area contributed by atoms with Gasteiger partial charge in [0.15, 0.2) is 0 Å². The van der Waals surface area contributed by atoms with Crippen molar-refractivity contribution in [2.75, 3.05) is 7.05 Å². The van der Waals surface area contributed by atoms with E-state index in [0.29, 0.717) is 16.7 Å².